The molecular weight excluding hydrogens is 373 g/mol. The normalized spacial score (nSPS) is 27.0. The molecule has 1 aromatic carbocycles. The van der Waals surface area contributed by atoms with Crippen molar-refractivity contribution < 1.29 is 14.0 Å². The number of carbonyl (C=O) groups is 2. The van der Waals surface area contributed by atoms with Crippen molar-refractivity contribution >= 4 is 23.6 Å². The molecule has 0 spiro atoms. The zero-order chi connectivity index (χ0) is 19.3. The Bertz CT molecular complexity index is 891. The van der Waals surface area contributed by atoms with Crippen LogP contribution in [-0.2, 0) is 9.59 Å². The molecule has 4 N–H and O–H groups in total. The Labute approximate surface area is 158 Å². The van der Waals surface area contributed by atoms with Gasteiger partial charge in [-0.3, -0.25) is 9.59 Å². The second kappa shape index (κ2) is 6.27. The first-order valence-electron chi connectivity index (χ1n) is 8.34. The van der Waals surface area contributed by atoms with Crippen LogP contribution < -0.4 is 11.1 Å². The number of β-lactam (4-membered cyclic amide) rings is 1. The van der Waals surface area contributed by atoms with Crippen LogP contribution in [0.1, 0.15) is 37.3 Å². The predicted molar refractivity (Wildman–Crippen MR) is 94.5 cm³/mol. The molecular formula is C16H18FN7O2S. The highest BCUT2D eigenvalue weighted by molar-refractivity contribution is 8.01. The average molecular weight is 391 g/mol. The van der Waals surface area contributed by atoms with Crippen LogP contribution in [0.15, 0.2) is 24.3 Å². The van der Waals surface area contributed by atoms with Gasteiger partial charge in [0.05, 0.1) is 0 Å². The lowest BCUT2D eigenvalue weighted by molar-refractivity contribution is -0.152. The van der Waals surface area contributed by atoms with E-state index < -0.39 is 23.8 Å². The fourth-order valence-electron chi connectivity index (χ4n) is 3.54. The molecule has 9 nitrogen and oxygen atoms in total. The maximum atomic E-state index is 13.4. The van der Waals surface area contributed by atoms with Gasteiger partial charge in [0, 0.05) is 4.75 Å². The van der Waals surface area contributed by atoms with Crippen molar-refractivity contribution in [3.63, 3.8) is 0 Å². The van der Waals surface area contributed by atoms with Crippen LogP contribution in [0.5, 0.6) is 0 Å². The number of tetrazole rings is 1. The van der Waals surface area contributed by atoms with Crippen LogP contribution in [0.4, 0.5) is 4.39 Å². The molecule has 2 fully saturated rings. The quantitative estimate of drug-likeness (QED) is 0.637. The third-order valence-electron chi connectivity index (χ3n) is 4.84. The van der Waals surface area contributed by atoms with E-state index in [4.69, 9.17) is 5.73 Å². The van der Waals surface area contributed by atoms with E-state index in [0.717, 1.165) is 0 Å². The number of nitrogens with two attached hydrogens (primary N) is 1. The first-order chi connectivity index (χ1) is 12.8. The van der Waals surface area contributed by atoms with Crippen LogP contribution in [0.3, 0.4) is 0 Å². The van der Waals surface area contributed by atoms with E-state index >= 15 is 0 Å². The van der Waals surface area contributed by atoms with Crippen molar-refractivity contribution in [3.05, 3.63) is 41.5 Å². The Morgan fingerprint density at radius 2 is 2.26 bits per heavy atom. The van der Waals surface area contributed by atoms with E-state index in [1.807, 2.05) is 13.8 Å². The van der Waals surface area contributed by atoms with Crippen LogP contribution >= 0.6 is 11.8 Å². The number of fused-ring (bicyclic) bond motifs is 1. The van der Waals surface area contributed by atoms with Gasteiger partial charge in [0.1, 0.15) is 29.3 Å². The molecule has 0 bridgehead atoms. The smallest absolute Gasteiger partial charge is 0.249 e. The SMILES string of the molecule is CC1(C)S[C@@H]2C(NC(=O)C(N)c3cccc(F)c3)C(=O)N2C1c1nn[nH]n1. The lowest BCUT2D eigenvalue weighted by atomic mass is 9.95. The highest BCUT2D eigenvalue weighted by atomic mass is 32.2. The molecule has 3 heterocycles. The fourth-order valence-corrected chi connectivity index (χ4v) is 5.17. The van der Waals surface area contributed by atoms with Gasteiger partial charge < -0.3 is 16.0 Å². The summed E-state index contributed by atoms with van der Waals surface area (Å²) in [7, 11) is 0. The van der Waals surface area contributed by atoms with Gasteiger partial charge in [-0.2, -0.15) is 5.21 Å². The van der Waals surface area contributed by atoms with Crippen molar-refractivity contribution in [2.45, 2.75) is 42.1 Å². The van der Waals surface area contributed by atoms with Crippen molar-refractivity contribution in [2.24, 2.45) is 5.73 Å². The molecule has 1 aromatic heterocycles. The molecule has 3 unspecified atom stereocenters. The summed E-state index contributed by atoms with van der Waals surface area (Å²) in [5, 5.41) is 16.4. The summed E-state index contributed by atoms with van der Waals surface area (Å²) in [6.45, 7) is 3.98. The number of nitrogens with one attached hydrogen (secondary N) is 2. The molecule has 4 rings (SSSR count). The number of aromatic amines is 1. The van der Waals surface area contributed by atoms with Crippen molar-refractivity contribution in [3.8, 4) is 0 Å². The molecule has 2 amide bonds. The maximum Gasteiger partial charge on any atom is 0.249 e. The van der Waals surface area contributed by atoms with Gasteiger partial charge in [-0.25, -0.2) is 4.39 Å². The second-order valence-electron chi connectivity index (χ2n) is 7.05. The summed E-state index contributed by atoms with van der Waals surface area (Å²) >= 11 is 1.56. The van der Waals surface area contributed by atoms with Gasteiger partial charge in [-0.1, -0.05) is 17.3 Å². The molecule has 4 atom stereocenters. The zero-order valence-electron chi connectivity index (χ0n) is 14.6. The minimum Gasteiger partial charge on any atom is -0.340 e. The number of amides is 2. The highest BCUT2D eigenvalue weighted by Gasteiger charge is 2.63. The minimum absolute atomic E-state index is 0.229. The van der Waals surface area contributed by atoms with Crippen LogP contribution in [0.25, 0.3) is 0 Å². The minimum atomic E-state index is -1.06. The van der Waals surface area contributed by atoms with Gasteiger partial charge >= 0.3 is 0 Å². The molecule has 2 aliphatic heterocycles. The molecule has 142 valence electrons. The van der Waals surface area contributed by atoms with Crippen LogP contribution in [0, 0.1) is 5.82 Å². The number of benzene rings is 1. The molecule has 0 aliphatic carbocycles. The number of aromatic nitrogens is 4. The lowest BCUT2D eigenvalue weighted by Crippen LogP contribution is -2.68. The topological polar surface area (TPSA) is 130 Å². The van der Waals surface area contributed by atoms with E-state index in [9.17, 15) is 14.0 Å². The largest absolute Gasteiger partial charge is 0.340 e. The van der Waals surface area contributed by atoms with E-state index in [1.54, 1.807) is 22.7 Å². The summed E-state index contributed by atoms with van der Waals surface area (Å²) in [4.78, 5) is 26.8. The van der Waals surface area contributed by atoms with Crippen molar-refractivity contribution in [1.82, 2.24) is 30.8 Å². The molecule has 0 radical (unpaired) electrons. The Morgan fingerprint density at radius 1 is 1.48 bits per heavy atom. The molecule has 27 heavy (non-hydrogen) atoms. The van der Waals surface area contributed by atoms with Gasteiger partial charge in [-0.05, 0) is 31.5 Å². The van der Waals surface area contributed by atoms with Gasteiger partial charge in [0.2, 0.25) is 11.8 Å². The molecule has 2 aliphatic rings. The molecule has 11 heteroatoms. The zero-order valence-corrected chi connectivity index (χ0v) is 15.4. The summed E-state index contributed by atoms with van der Waals surface area (Å²) in [6, 6.07) is 3.44. The van der Waals surface area contributed by atoms with E-state index in [1.165, 1.54) is 18.2 Å². The van der Waals surface area contributed by atoms with Crippen molar-refractivity contribution in [1.29, 1.82) is 0 Å². The third-order valence-corrected chi connectivity index (χ3v) is 6.41. The van der Waals surface area contributed by atoms with Gasteiger partial charge in [0.25, 0.3) is 0 Å². The Balaban J connectivity index is 1.49. The third kappa shape index (κ3) is 2.86. The van der Waals surface area contributed by atoms with Gasteiger partial charge in [-0.15, -0.1) is 22.0 Å². The Kier molecular flexibility index (Phi) is 4.15. The number of thioether (sulfide) groups is 1. The molecule has 2 saturated heterocycles. The first-order valence-corrected chi connectivity index (χ1v) is 9.22. The average Bonchev–Trinajstić information content (AvgIpc) is 3.23. The summed E-state index contributed by atoms with van der Waals surface area (Å²) < 4.78 is 13.0. The molecule has 2 aromatic rings. The van der Waals surface area contributed by atoms with E-state index in [2.05, 4.69) is 25.9 Å². The second-order valence-corrected chi connectivity index (χ2v) is 8.82. The summed E-state index contributed by atoms with van der Waals surface area (Å²) in [6.07, 6.45) is 0. The number of hydrogen-bond donors (Lipinski definition) is 3. The standard InChI is InChI=1S/C16H18FN7O2S/c1-16(2)11(12-20-22-23-21-12)24-14(26)10(15(24)27-16)19-13(25)9(18)7-4-3-5-8(17)6-7/h3-6,9-11,15H,18H2,1-2H3,(H,19,25)(H,20,21,22,23)/t9?,10?,11?,15-/m1/s1. The van der Waals surface area contributed by atoms with Gasteiger partial charge in [0.15, 0.2) is 5.82 Å². The number of nitrogens with zero attached hydrogens (tertiary/aromatic N) is 4. The maximum absolute atomic E-state index is 13.4. The molecule has 0 saturated carbocycles. The fraction of sp³-hybridized carbons (Fsp3) is 0.438. The first kappa shape index (κ1) is 17.9. The van der Waals surface area contributed by atoms with E-state index in [-0.39, 0.29) is 22.1 Å². The Hall–Kier alpha value is -2.53. The number of H-pyrrole nitrogens is 1. The van der Waals surface area contributed by atoms with Crippen LogP contribution in [-0.4, -0.2) is 53.5 Å². The van der Waals surface area contributed by atoms with E-state index in [0.29, 0.717) is 11.4 Å². The number of carbonyl (C=O) groups excluding carboxylic acids is 2. The number of rotatable bonds is 4. The highest BCUT2D eigenvalue weighted by Crippen LogP contribution is 2.56. The Morgan fingerprint density at radius 3 is 2.93 bits per heavy atom. The lowest BCUT2D eigenvalue weighted by Gasteiger charge is -2.44. The number of halogens is 1. The predicted octanol–water partition coefficient (Wildman–Crippen LogP) is 0.258. The van der Waals surface area contributed by atoms with Crippen molar-refractivity contribution in [2.75, 3.05) is 0 Å². The summed E-state index contributed by atoms with van der Waals surface area (Å²) in [5.41, 5.74) is 6.28. The van der Waals surface area contributed by atoms with Crippen LogP contribution in [0.2, 0.25) is 0 Å². The monoisotopic (exact) mass is 391 g/mol. The summed E-state index contributed by atoms with van der Waals surface area (Å²) in [5.74, 6) is -0.796. The number of hydrogen-bond acceptors (Lipinski definition) is 7.